The standard InChI is InChI=1S/C34H26N4O2/c1-22(39)36-20-31(26-15-7-10-18-29(26)36)38(32-21-37(23(2)40)30-19-11-8-16-27(30)32)34-25-14-6-9-17-28(25)35-33(34)24-12-4-3-5-13-24/h3-21,35H,1-2H3. The van der Waals surface area contributed by atoms with Gasteiger partial charge in [-0.3, -0.25) is 18.7 Å². The number of aromatic nitrogens is 3. The summed E-state index contributed by atoms with van der Waals surface area (Å²) in [6, 6.07) is 34.3. The van der Waals surface area contributed by atoms with Crippen molar-refractivity contribution < 1.29 is 9.59 Å². The Morgan fingerprint density at radius 3 is 1.62 bits per heavy atom. The Kier molecular flexibility index (Phi) is 5.42. The molecule has 0 spiro atoms. The van der Waals surface area contributed by atoms with Crippen molar-refractivity contribution in [3.05, 3.63) is 116 Å². The fourth-order valence-corrected chi connectivity index (χ4v) is 5.74. The Balaban J connectivity index is 1.66. The summed E-state index contributed by atoms with van der Waals surface area (Å²) in [6.07, 6.45) is 3.81. The van der Waals surface area contributed by atoms with Crippen molar-refractivity contribution in [2.75, 3.05) is 4.90 Å². The molecule has 194 valence electrons. The summed E-state index contributed by atoms with van der Waals surface area (Å²) in [7, 11) is 0. The summed E-state index contributed by atoms with van der Waals surface area (Å²) in [5.74, 6) is -0.147. The van der Waals surface area contributed by atoms with Gasteiger partial charge in [-0.25, -0.2) is 0 Å². The number of rotatable bonds is 4. The first kappa shape index (κ1) is 23.7. The lowest BCUT2D eigenvalue weighted by Crippen LogP contribution is -2.11. The van der Waals surface area contributed by atoms with Gasteiger partial charge in [0.25, 0.3) is 0 Å². The maximum Gasteiger partial charge on any atom is 0.228 e. The van der Waals surface area contributed by atoms with Crippen molar-refractivity contribution in [3.8, 4) is 11.3 Å². The average molecular weight is 523 g/mol. The van der Waals surface area contributed by atoms with Gasteiger partial charge in [0.2, 0.25) is 11.8 Å². The van der Waals surface area contributed by atoms with Crippen molar-refractivity contribution in [1.29, 1.82) is 0 Å². The van der Waals surface area contributed by atoms with Crippen molar-refractivity contribution >= 4 is 61.6 Å². The molecule has 6 heteroatoms. The summed E-state index contributed by atoms with van der Waals surface area (Å²) in [4.78, 5) is 31.5. The molecule has 3 heterocycles. The predicted octanol–water partition coefficient (Wildman–Crippen LogP) is 8.53. The molecule has 0 unspecified atom stereocenters. The van der Waals surface area contributed by atoms with E-state index in [2.05, 4.69) is 34.1 Å². The number of benzene rings is 4. The van der Waals surface area contributed by atoms with Crippen LogP contribution in [0.1, 0.15) is 23.4 Å². The van der Waals surface area contributed by atoms with Gasteiger partial charge in [-0.2, -0.15) is 0 Å². The minimum absolute atomic E-state index is 0.0734. The normalized spacial score (nSPS) is 11.4. The van der Waals surface area contributed by atoms with Crippen LogP contribution < -0.4 is 4.90 Å². The van der Waals surface area contributed by atoms with Crippen LogP contribution in [0, 0.1) is 0 Å². The SMILES string of the molecule is CC(=O)n1cc(N(c2c(-c3ccccc3)[nH]c3ccccc23)c2cn(C(C)=O)c3ccccc23)c2ccccc21. The Morgan fingerprint density at radius 1 is 0.600 bits per heavy atom. The fourth-order valence-electron chi connectivity index (χ4n) is 5.74. The zero-order valence-corrected chi connectivity index (χ0v) is 22.1. The molecule has 0 aliphatic rings. The summed E-state index contributed by atoms with van der Waals surface area (Å²) >= 11 is 0. The molecular formula is C34H26N4O2. The van der Waals surface area contributed by atoms with Gasteiger partial charge in [0.05, 0.1) is 33.8 Å². The average Bonchev–Trinajstić information content (AvgIpc) is 3.67. The molecule has 0 saturated carbocycles. The molecular weight excluding hydrogens is 496 g/mol. The van der Waals surface area contributed by atoms with Crippen LogP contribution in [-0.2, 0) is 0 Å². The summed E-state index contributed by atoms with van der Waals surface area (Å²) in [5.41, 5.74) is 7.26. The van der Waals surface area contributed by atoms with E-state index in [9.17, 15) is 9.59 Å². The Bertz CT molecular complexity index is 1990. The molecule has 1 N–H and O–H groups in total. The lowest BCUT2D eigenvalue weighted by atomic mass is 10.1. The number of hydrogen-bond acceptors (Lipinski definition) is 3. The minimum atomic E-state index is -0.0734. The van der Waals surface area contributed by atoms with E-state index in [4.69, 9.17) is 0 Å². The molecule has 6 nitrogen and oxygen atoms in total. The second kappa shape index (κ2) is 9.13. The van der Waals surface area contributed by atoms with Gasteiger partial charge in [0.15, 0.2) is 0 Å². The lowest BCUT2D eigenvalue weighted by Gasteiger charge is -2.25. The van der Waals surface area contributed by atoms with E-state index >= 15 is 0 Å². The number of anilines is 3. The van der Waals surface area contributed by atoms with Gasteiger partial charge in [0, 0.05) is 53.5 Å². The molecule has 3 aromatic heterocycles. The molecule has 0 fully saturated rings. The highest BCUT2D eigenvalue weighted by molar-refractivity contribution is 6.14. The zero-order chi connectivity index (χ0) is 27.4. The highest BCUT2D eigenvalue weighted by atomic mass is 16.2. The molecule has 4 aromatic carbocycles. The first-order chi connectivity index (χ1) is 19.5. The molecule has 0 saturated heterocycles. The number of H-pyrrole nitrogens is 1. The van der Waals surface area contributed by atoms with Crippen molar-refractivity contribution in [1.82, 2.24) is 14.1 Å². The fraction of sp³-hybridized carbons (Fsp3) is 0.0588. The molecule has 7 aromatic rings. The van der Waals surface area contributed by atoms with Gasteiger partial charge in [0.1, 0.15) is 0 Å². The molecule has 0 radical (unpaired) electrons. The maximum absolute atomic E-state index is 12.8. The molecule has 0 aliphatic heterocycles. The third kappa shape index (κ3) is 3.57. The predicted molar refractivity (Wildman–Crippen MR) is 162 cm³/mol. The first-order valence-electron chi connectivity index (χ1n) is 13.2. The Hall–Kier alpha value is -5.36. The Labute approximate surface area is 230 Å². The number of hydrogen-bond donors (Lipinski definition) is 1. The zero-order valence-electron chi connectivity index (χ0n) is 22.1. The van der Waals surface area contributed by atoms with Crippen LogP contribution in [0.15, 0.2) is 116 Å². The summed E-state index contributed by atoms with van der Waals surface area (Å²) < 4.78 is 3.39. The number of nitrogens with one attached hydrogen (secondary N) is 1. The second-order valence-electron chi connectivity index (χ2n) is 9.94. The lowest BCUT2D eigenvalue weighted by molar-refractivity contribution is 0.0933. The number of aromatic amines is 1. The molecule has 7 rings (SSSR count). The third-order valence-corrected chi connectivity index (χ3v) is 7.51. The van der Waals surface area contributed by atoms with E-state index < -0.39 is 0 Å². The van der Waals surface area contributed by atoms with Crippen LogP contribution in [0.5, 0.6) is 0 Å². The highest BCUT2D eigenvalue weighted by Crippen LogP contribution is 2.49. The summed E-state index contributed by atoms with van der Waals surface area (Å²) in [5, 5.41) is 2.89. The van der Waals surface area contributed by atoms with Crippen molar-refractivity contribution in [3.63, 3.8) is 0 Å². The van der Waals surface area contributed by atoms with Crippen molar-refractivity contribution in [2.24, 2.45) is 0 Å². The van der Waals surface area contributed by atoms with Gasteiger partial charge in [-0.1, -0.05) is 84.9 Å². The van der Waals surface area contributed by atoms with Crippen LogP contribution in [0.3, 0.4) is 0 Å². The van der Waals surface area contributed by atoms with Gasteiger partial charge in [-0.15, -0.1) is 0 Å². The van der Waals surface area contributed by atoms with E-state index in [1.807, 2.05) is 91.3 Å². The minimum Gasteiger partial charge on any atom is -0.353 e. The third-order valence-electron chi connectivity index (χ3n) is 7.51. The Morgan fingerprint density at radius 2 is 1.07 bits per heavy atom. The number of carbonyl (C=O) groups excluding carboxylic acids is 2. The van der Waals surface area contributed by atoms with Crippen LogP contribution in [0.2, 0.25) is 0 Å². The van der Waals surface area contributed by atoms with Gasteiger partial charge < -0.3 is 9.88 Å². The van der Waals surface area contributed by atoms with Gasteiger partial charge >= 0.3 is 0 Å². The van der Waals surface area contributed by atoms with Crippen LogP contribution in [0.4, 0.5) is 17.1 Å². The largest absolute Gasteiger partial charge is 0.353 e. The van der Waals surface area contributed by atoms with Gasteiger partial charge in [-0.05, 0) is 18.2 Å². The van der Waals surface area contributed by atoms with E-state index in [0.717, 1.165) is 61.0 Å². The number of nitrogens with zero attached hydrogens (tertiary/aromatic N) is 3. The molecule has 0 atom stereocenters. The number of para-hydroxylation sites is 3. The van der Waals surface area contributed by atoms with Crippen molar-refractivity contribution in [2.45, 2.75) is 13.8 Å². The summed E-state index contributed by atoms with van der Waals surface area (Å²) in [6.45, 7) is 3.15. The quantitative estimate of drug-likeness (QED) is 0.252. The molecule has 40 heavy (non-hydrogen) atoms. The van der Waals surface area contributed by atoms with Crippen LogP contribution in [0.25, 0.3) is 44.0 Å². The van der Waals surface area contributed by atoms with E-state index in [1.165, 1.54) is 0 Å². The molecule has 0 amide bonds. The smallest absolute Gasteiger partial charge is 0.228 e. The van der Waals surface area contributed by atoms with E-state index in [1.54, 1.807) is 23.0 Å². The van der Waals surface area contributed by atoms with Crippen LogP contribution >= 0.6 is 0 Å². The van der Waals surface area contributed by atoms with Crippen LogP contribution in [-0.4, -0.2) is 25.9 Å². The second-order valence-corrected chi connectivity index (χ2v) is 9.94. The molecule has 0 aliphatic carbocycles. The number of fused-ring (bicyclic) bond motifs is 3. The molecule has 0 bridgehead atoms. The monoisotopic (exact) mass is 522 g/mol. The van der Waals surface area contributed by atoms with E-state index in [0.29, 0.717) is 0 Å². The maximum atomic E-state index is 12.8. The topological polar surface area (TPSA) is 63.0 Å². The van der Waals surface area contributed by atoms with E-state index in [-0.39, 0.29) is 11.8 Å². The highest BCUT2D eigenvalue weighted by Gasteiger charge is 2.28. The first-order valence-corrected chi connectivity index (χ1v) is 13.2. The number of carbonyl (C=O) groups is 2.